The molecule has 0 aliphatic carbocycles. The number of ether oxygens (including phenoxy) is 2. The number of amides is 1. The highest BCUT2D eigenvalue weighted by molar-refractivity contribution is 5.95. The minimum absolute atomic E-state index is 0.338. The van der Waals surface area contributed by atoms with Crippen molar-refractivity contribution in [3.05, 3.63) is 48.3 Å². The fraction of sp³-hybridized carbons (Fsp3) is 0.278. The van der Waals surface area contributed by atoms with Crippen molar-refractivity contribution in [1.82, 2.24) is 4.98 Å². The van der Waals surface area contributed by atoms with Gasteiger partial charge in [-0.25, -0.2) is 4.79 Å². The first-order valence-corrected chi connectivity index (χ1v) is 7.90. The molecule has 0 unspecified atom stereocenters. The Morgan fingerprint density at radius 1 is 1.20 bits per heavy atom. The van der Waals surface area contributed by atoms with E-state index in [9.17, 15) is 9.59 Å². The molecular weight excluding hydrogens is 324 g/mol. The summed E-state index contributed by atoms with van der Waals surface area (Å²) in [6.45, 7) is 1.87. The second kappa shape index (κ2) is 7.31. The molecule has 2 N–H and O–H groups in total. The van der Waals surface area contributed by atoms with Crippen LogP contribution in [0.25, 0.3) is 0 Å². The Balaban J connectivity index is 1.63. The van der Waals surface area contributed by atoms with Gasteiger partial charge < -0.3 is 19.9 Å². The number of aliphatic carboxylic acids is 1. The molecule has 1 amide bonds. The average Bonchev–Trinajstić information content (AvgIpc) is 3.09. The molecule has 25 heavy (non-hydrogen) atoms. The van der Waals surface area contributed by atoms with Crippen LogP contribution >= 0.6 is 0 Å². The van der Waals surface area contributed by atoms with E-state index in [4.69, 9.17) is 14.6 Å². The molecule has 1 aliphatic rings. The summed E-state index contributed by atoms with van der Waals surface area (Å²) >= 11 is 0. The van der Waals surface area contributed by atoms with Crippen molar-refractivity contribution in [1.29, 1.82) is 0 Å². The number of nitrogens with one attached hydrogen (secondary N) is 1. The molecule has 2 heterocycles. The zero-order chi connectivity index (χ0) is 17.8. The van der Waals surface area contributed by atoms with Gasteiger partial charge in [-0.1, -0.05) is 0 Å². The number of aryl methyl sites for hydroxylation is 1. The molecule has 1 aliphatic heterocycles. The van der Waals surface area contributed by atoms with Crippen LogP contribution < -0.4 is 10.1 Å². The Morgan fingerprint density at radius 2 is 1.92 bits per heavy atom. The van der Waals surface area contributed by atoms with Crippen molar-refractivity contribution >= 4 is 17.6 Å². The Labute approximate surface area is 144 Å². The quantitative estimate of drug-likeness (QED) is 0.867. The summed E-state index contributed by atoms with van der Waals surface area (Å²) in [6.07, 6.45) is 2.37. The summed E-state index contributed by atoms with van der Waals surface area (Å²) in [4.78, 5) is 27.0. The number of carbonyl (C=O) groups excluding carboxylic acids is 1. The average molecular weight is 342 g/mol. The smallest absolute Gasteiger partial charge is 0.332 e. The first-order valence-electron chi connectivity index (χ1n) is 7.90. The van der Waals surface area contributed by atoms with E-state index in [0.29, 0.717) is 30.0 Å². The second-order valence-corrected chi connectivity index (χ2v) is 5.78. The lowest BCUT2D eigenvalue weighted by molar-refractivity contribution is -0.150. The maximum absolute atomic E-state index is 12.2. The lowest BCUT2D eigenvalue weighted by Gasteiger charge is -2.14. The Hall–Kier alpha value is -2.93. The van der Waals surface area contributed by atoms with Crippen LogP contribution in [0.5, 0.6) is 11.5 Å². The van der Waals surface area contributed by atoms with Gasteiger partial charge in [0.2, 0.25) is 0 Å². The van der Waals surface area contributed by atoms with Gasteiger partial charge in [-0.3, -0.25) is 9.78 Å². The molecule has 2 aromatic rings. The molecule has 1 aromatic heterocycles. The fourth-order valence-electron chi connectivity index (χ4n) is 2.61. The number of nitrogens with zero attached hydrogens (tertiary/aromatic N) is 1. The van der Waals surface area contributed by atoms with Crippen molar-refractivity contribution in [2.75, 3.05) is 5.32 Å². The van der Waals surface area contributed by atoms with Gasteiger partial charge in [0, 0.05) is 18.1 Å². The van der Waals surface area contributed by atoms with E-state index in [1.165, 1.54) is 0 Å². The van der Waals surface area contributed by atoms with Gasteiger partial charge >= 0.3 is 5.97 Å². The molecule has 3 rings (SSSR count). The molecule has 0 saturated carbocycles. The number of carbonyl (C=O) groups is 2. The van der Waals surface area contributed by atoms with Crippen molar-refractivity contribution in [2.45, 2.75) is 32.0 Å². The number of anilines is 1. The van der Waals surface area contributed by atoms with E-state index in [0.717, 1.165) is 5.56 Å². The number of rotatable bonds is 5. The maximum Gasteiger partial charge on any atom is 0.332 e. The maximum atomic E-state index is 12.2. The van der Waals surface area contributed by atoms with Crippen LogP contribution in [0.2, 0.25) is 0 Å². The van der Waals surface area contributed by atoms with Crippen LogP contribution in [0.4, 0.5) is 5.69 Å². The summed E-state index contributed by atoms with van der Waals surface area (Å²) in [5.41, 5.74) is 1.46. The van der Waals surface area contributed by atoms with Gasteiger partial charge in [0.15, 0.2) is 6.10 Å². The van der Waals surface area contributed by atoms with Gasteiger partial charge in [0.25, 0.3) is 5.91 Å². The molecule has 1 saturated heterocycles. The number of carboxylic acid groups (broad SMARTS) is 1. The number of hydrogen-bond acceptors (Lipinski definition) is 5. The SMILES string of the molecule is Cc1cc(NC(=O)[C@@H]2CC[C@H](C(=O)O)O2)ccc1Oc1ccncc1. The van der Waals surface area contributed by atoms with E-state index in [-0.39, 0.29) is 5.91 Å². The van der Waals surface area contributed by atoms with Crippen LogP contribution in [-0.2, 0) is 14.3 Å². The molecule has 1 fully saturated rings. The predicted octanol–water partition coefficient (Wildman–Crippen LogP) is 2.75. The minimum atomic E-state index is -1.04. The van der Waals surface area contributed by atoms with Crippen molar-refractivity contribution in [3.63, 3.8) is 0 Å². The third-order valence-corrected chi connectivity index (χ3v) is 3.91. The van der Waals surface area contributed by atoms with Crippen LogP contribution in [-0.4, -0.2) is 34.2 Å². The standard InChI is InChI=1S/C18H18N2O5/c1-11-10-12(2-3-14(11)24-13-6-8-19-9-7-13)20-17(21)15-4-5-16(25-15)18(22)23/h2-3,6-10,15-16H,4-5H2,1H3,(H,20,21)(H,22,23)/t15-,16+/m0/s1. The van der Waals surface area contributed by atoms with Crippen molar-refractivity contribution in [3.8, 4) is 11.5 Å². The first kappa shape index (κ1) is 16.9. The van der Waals surface area contributed by atoms with E-state index >= 15 is 0 Å². The largest absolute Gasteiger partial charge is 0.479 e. The van der Waals surface area contributed by atoms with Gasteiger partial charge in [-0.05, 0) is 55.7 Å². The number of benzene rings is 1. The highest BCUT2D eigenvalue weighted by Gasteiger charge is 2.34. The highest BCUT2D eigenvalue weighted by Crippen LogP contribution is 2.27. The van der Waals surface area contributed by atoms with Gasteiger partial charge in [0.05, 0.1) is 0 Å². The normalized spacial score (nSPS) is 19.4. The van der Waals surface area contributed by atoms with Crippen LogP contribution in [0.1, 0.15) is 18.4 Å². The molecule has 2 atom stereocenters. The molecule has 130 valence electrons. The minimum Gasteiger partial charge on any atom is -0.479 e. The number of aromatic nitrogens is 1. The highest BCUT2D eigenvalue weighted by atomic mass is 16.5. The van der Waals surface area contributed by atoms with Crippen LogP contribution in [0, 0.1) is 6.92 Å². The van der Waals surface area contributed by atoms with Crippen molar-refractivity contribution < 1.29 is 24.2 Å². The predicted molar refractivity (Wildman–Crippen MR) is 89.7 cm³/mol. The van der Waals surface area contributed by atoms with E-state index < -0.39 is 18.2 Å². The van der Waals surface area contributed by atoms with Gasteiger partial charge in [0.1, 0.15) is 17.6 Å². The van der Waals surface area contributed by atoms with E-state index in [2.05, 4.69) is 10.3 Å². The monoisotopic (exact) mass is 342 g/mol. The third-order valence-electron chi connectivity index (χ3n) is 3.91. The summed E-state index contributed by atoms with van der Waals surface area (Å²) < 4.78 is 11.0. The fourth-order valence-corrected chi connectivity index (χ4v) is 2.61. The zero-order valence-corrected chi connectivity index (χ0v) is 13.6. The van der Waals surface area contributed by atoms with E-state index in [1.54, 1.807) is 42.7 Å². The number of pyridine rings is 1. The summed E-state index contributed by atoms with van der Waals surface area (Å²) in [5.74, 6) is -0.0316. The Bertz CT molecular complexity index is 778. The molecule has 0 bridgehead atoms. The molecule has 7 heteroatoms. The lowest BCUT2D eigenvalue weighted by atomic mass is 10.1. The Kier molecular flexibility index (Phi) is 4.95. The van der Waals surface area contributed by atoms with Gasteiger partial charge in [-0.2, -0.15) is 0 Å². The van der Waals surface area contributed by atoms with Crippen LogP contribution in [0.3, 0.4) is 0 Å². The van der Waals surface area contributed by atoms with Gasteiger partial charge in [-0.15, -0.1) is 0 Å². The molecule has 0 spiro atoms. The first-order chi connectivity index (χ1) is 12.0. The molecule has 7 nitrogen and oxygen atoms in total. The summed E-state index contributed by atoms with van der Waals surface area (Å²) in [7, 11) is 0. The Morgan fingerprint density at radius 3 is 2.56 bits per heavy atom. The van der Waals surface area contributed by atoms with E-state index in [1.807, 2.05) is 6.92 Å². The summed E-state index contributed by atoms with van der Waals surface area (Å²) in [5, 5.41) is 11.7. The lowest BCUT2D eigenvalue weighted by Crippen LogP contribution is -2.29. The topological polar surface area (TPSA) is 97.8 Å². The zero-order valence-electron chi connectivity index (χ0n) is 13.6. The summed E-state index contributed by atoms with van der Waals surface area (Å²) in [6, 6.07) is 8.79. The third kappa shape index (κ3) is 4.13. The second-order valence-electron chi connectivity index (χ2n) is 5.78. The molecule has 0 radical (unpaired) electrons. The molecular formula is C18H18N2O5. The number of hydrogen-bond donors (Lipinski definition) is 2. The number of carboxylic acids is 1. The van der Waals surface area contributed by atoms with Crippen molar-refractivity contribution in [2.24, 2.45) is 0 Å². The molecule has 1 aromatic carbocycles. The van der Waals surface area contributed by atoms with Crippen LogP contribution in [0.15, 0.2) is 42.7 Å².